The normalized spacial score (nSPS) is 11.3. The summed E-state index contributed by atoms with van der Waals surface area (Å²) in [6.45, 7) is 3.91. The van der Waals surface area contributed by atoms with E-state index in [4.69, 9.17) is 4.74 Å². The average Bonchev–Trinajstić information content (AvgIpc) is 2.59. The molecule has 1 aromatic carbocycles. The lowest BCUT2D eigenvalue weighted by Crippen LogP contribution is -1.95. The van der Waals surface area contributed by atoms with Gasteiger partial charge in [-0.25, -0.2) is 0 Å². The maximum absolute atomic E-state index is 5.70. The summed E-state index contributed by atoms with van der Waals surface area (Å²) in [5.74, 6) is 0. The Balaban J connectivity index is 1.78. The third kappa shape index (κ3) is 13.1. The van der Waals surface area contributed by atoms with Crippen LogP contribution in [-0.4, -0.2) is 6.61 Å². The highest BCUT2D eigenvalue weighted by Gasteiger charge is 1.92. The van der Waals surface area contributed by atoms with Crippen LogP contribution in [0.1, 0.15) is 83.1 Å². The van der Waals surface area contributed by atoms with Crippen LogP contribution in [-0.2, 0) is 11.3 Å². The van der Waals surface area contributed by atoms with E-state index in [0.29, 0.717) is 0 Å². The van der Waals surface area contributed by atoms with Crippen LogP contribution in [0.2, 0.25) is 0 Å². The highest BCUT2D eigenvalue weighted by molar-refractivity contribution is 5.13. The Morgan fingerprint density at radius 2 is 1.35 bits per heavy atom. The Morgan fingerprint density at radius 1 is 0.739 bits per heavy atom. The molecule has 23 heavy (non-hydrogen) atoms. The molecule has 0 saturated heterocycles. The molecule has 0 spiro atoms. The van der Waals surface area contributed by atoms with Crippen LogP contribution in [0.5, 0.6) is 0 Å². The molecule has 0 heterocycles. The molecule has 0 N–H and O–H groups in total. The molecule has 0 atom stereocenters. The summed E-state index contributed by atoms with van der Waals surface area (Å²) in [4.78, 5) is 0. The molecule has 0 aliphatic carbocycles. The Morgan fingerprint density at radius 3 is 2.04 bits per heavy atom. The van der Waals surface area contributed by atoms with Gasteiger partial charge in [-0.15, -0.1) is 0 Å². The smallest absolute Gasteiger partial charge is 0.0716 e. The van der Waals surface area contributed by atoms with Gasteiger partial charge in [0.25, 0.3) is 0 Å². The molecule has 0 aliphatic heterocycles. The van der Waals surface area contributed by atoms with Gasteiger partial charge in [0.05, 0.1) is 6.61 Å². The van der Waals surface area contributed by atoms with E-state index in [1.54, 1.807) is 0 Å². The summed E-state index contributed by atoms with van der Waals surface area (Å²) >= 11 is 0. The van der Waals surface area contributed by atoms with Crippen molar-refractivity contribution < 1.29 is 4.74 Å². The number of ether oxygens (including phenoxy) is 1. The molecule has 130 valence electrons. The number of hydrogen-bond donors (Lipinski definition) is 0. The lowest BCUT2D eigenvalue weighted by atomic mass is 10.1. The first-order valence-corrected chi connectivity index (χ1v) is 9.70. The van der Waals surface area contributed by atoms with Gasteiger partial charge in [0.2, 0.25) is 0 Å². The third-order valence-electron chi connectivity index (χ3n) is 4.16. The van der Waals surface area contributed by atoms with Crippen molar-refractivity contribution in [3.05, 3.63) is 48.0 Å². The zero-order chi connectivity index (χ0) is 16.4. The van der Waals surface area contributed by atoms with E-state index in [-0.39, 0.29) is 0 Å². The van der Waals surface area contributed by atoms with Crippen molar-refractivity contribution in [2.45, 2.75) is 84.2 Å². The van der Waals surface area contributed by atoms with Crippen LogP contribution in [0.4, 0.5) is 0 Å². The monoisotopic (exact) mass is 316 g/mol. The Kier molecular flexibility index (Phi) is 13.7. The van der Waals surface area contributed by atoms with Crippen molar-refractivity contribution in [2.75, 3.05) is 6.61 Å². The second-order valence-corrected chi connectivity index (χ2v) is 6.42. The minimum atomic E-state index is 0.749. The molecule has 1 rings (SSSR count). The first-order valence-electron chi connectivity index (χ1n) is 9.70. The van der Waals surface area contributed by atoms with E-state index in [1.165, 1.54) is 76.2 Å². The molecule has 0 radical (unpaired) electrons. The lowest BCUT2D eigenvalue weighted by molar-refractivity contribution is 0.117. The molecule has 0 aromatic heterocycles. The van der Waals surface area contributed by atoms with Gasteiger partial charge in [0.15, 0.2) is 0 Å². The third-order valence-corrected chi connectivity index (χ3v) is 4.16. The number of allylic oxidation sites excluding steroid dienone is 2. The molecule has 0 aliphatic rings. The van der Waals surface area contributed by atoms with Crippen LogP contribution < -0.4 is 0 Å². The zero-order valence-corrected chi connectivity index (χ0v) is 15.1. The number of unbranched alkanes of at least 4 members (excludes halogenated alkanes) is 9. The largest absolute Gasteiger partial charge is 0.377 e. The Hall–Kier alpha value is -1.08. The molecule has 1 nitrogen and oxygen atoms in total. The van der Waals surface area contributed by atoms with Gasteiger partial charge in [0.1, 0.15) is 0 Å². The topological polar surface area (TPSA) is 9.23 Å². The highest BCUT2D eigenvalue weighted by Crippen LogP contribution is 2.08. The van der Waals surface area contributed by atoms with Crippen LogP contribution in [0.3, 0.4) is 0 Å². The van der Waals surface area contributed by atoms with Gasteiger partial charge in [-0.2, -0.15) is 0 Å². The van der Waals surface area contributed by atoms with E-state index in [2.05, 4.69) is 43.3 Å². The van der Waals surface area contributed by atoms with Crippen LogP contribution in [0.25, 0.3) is 0 Å². The van der Waals surface area contributed by atoms with Crippen LogP contribution in [0, 0.1) is 0 Å². The van der Waals surface area contributed by atoms with E-state index >= 15 is 0 Å². The summed E-state index contributed by atoms with van der Waals surface area (Å²) < 4.78 is 5.70. The summed E-state index contributed by atoms with van der Waals surface area (Å²) in [6.07, 6.45) is 19.4. The summed E-state index contributed by atoms with van der Waals surface area (Å²) in [5.41, 5.74) is 1.27. The molecule has 0 bridgehead atoms. The van der Waals surface area contributed by atoms with Crippen LogP contribution >= 0.6 is 0 Å². The molecule has 0 saturated carbocycles. The average molecular weight is 317 g/mol. The maximum atomic E-state index is 5.70. The predicted octanol–water partition coefficient (Wildman–Crippen LogP) is 7.07. The summed E-state index contributed by atoms with van der Waals surface area (Å²) in [5, 5.41) is 0. The minimum absolute atomic E-state index is 0.749. The molecule has 0 unspecified atom stereocenters. The molecular weight excluding hydrogens is 280 g/mol. The van der Waals surface area contributed by atoms with Crippen molar-refractivity contribution in [3.8, 4) is 0 Å². The fourth-order valence-corrected chi connectivity index (χ4v) is 2.69. The van der Waals surface area contributed by atoms with Gasteiger partial charge >= 0.3 is 0 Å². The fraction of sp³-hybridized carbons (Fsp3) is 0.636. The molecule has 0 amide bonds. The molecular formula is C22H36O. The van der Waals surface area contributed by atoms with Crippen molar-refractivity contribution >= 4 is 0 Å². The lowest BCUT2D eigenvalue weighted by Gasteiger charge is -2.03. The molecule has 1 heteroatoms. The number of benzene rings is 1. The Labute approximate surface area is 144 Å². The maximum Gasteiger partial charge on any atom is 0.0716 e. The predicted molar refractivity (Wildman–Crippen MR) is 102 cm³/mol. The minimum Gasteiger partial charge on any atom is -0.377 e. The van der Waals surface area contributed by atoms with E-state index in [1.807, 2.05) is 6.07 Å². The fourth-order valence-electron chi connectivity index (χ4n) is 2.69. The van der Waals surface area contributed by atoms with E-state index in [9.17, 15) is 0 Å². The number of hydrogen-bond acceptors (Lipinski definition) is 1. The zero-order valence-electron chi connectivity index (χ0n) is 15.1. The quantitative estimate of drug-likeness (QED) is 0.248. The van der Waals surface area contributed by atoms with Gasteiger partial charge in [0, 0.05) is 6.61 Å². The standard InChI is InChI=1S/C22H36O/c1-2-3-4-5-6-7-8-9-10-11-12-13-17-20-23-21-22-18-15-14-16-19-22/h9-10,14-16,18-19H,2-8,11-13,17,20-21H2,1H3/b10-9+. The first kappa shape index (κ1) is 20.0. The van der Waals surface area contributed by atoms with Gasteiger partial charge in [-0.3, -0.25) is 0 Å². The highest BCUT2D eigenvalue weighted by atomic mass is 16.5. The van der Waals surface area contributed by atoms with Crippen molar-refractivity contribution in [1.82, 2.24) is 0 Å². The Bertz CT molecular complexity index is 369. The summed E-state index contributed by atoms with van der Waals surface area (Å²) in [7, 11) is 0. The van der Waals surface area contributed by atoms with E-state index in [0.717, 1.165) is 13.2 Å². The van der Waals surface area contributed by atoms with Crippen LogP contribution in [0.15, 0.2) is 42.5 Å². The van der Waals surface area contributed by atoms with Gasteiger partial charge in [-0.1, -0.05) is 87.9 Å². The second kappa shape index (κ2) is 15.8. The molecule has 1 aromatic rings. The SMILES string of the molecule is CCCCCCCC/C=C/CCCCCOCc1ccccc1. The van der Waals surface area contributed by atoms with Gasteiger partial charge < -0.3 is 4.74 Å². The van der Waals surface area contributed by atoms with Crippen molar-refractivity contribution in [1.29, 1.82) is 0 Å². The van der Waals surface area contributed by atoms with E-state index < -0.39 is 0 Å². The summed E-state index contributed by atoms with van der Waals surface area (Å²) in [6, 6.07) is 10.4. The van der Waals surface area contributed by atoms with Gasteiger partial charge in [-0.05, 0) is 37.7 Å². The number of rotatable bonds is 15. The molecule has 0 fully saturated rings. The van der Waals surface area contributed by atoms with Crippen molar-refractivity contribution in [2.24, 2.45) is 0 Å². The van der Waals surface area contributed by atoms with Crippen molar-refractivity contribution in [3.63, 3.8) is 0 Å². The first-order chi connectivity index (χ1) is 11.4. The second-order valence-electron chi connectivity index (χ2n) is 6.42.